The number of hydrogen-bond acceptors (Lipinski definition) is 1. The van der Waals surface area contributed by atoms with Crippen LogP contribution in [0.15, 0.2) is 0 Å². The molecule has 4 aliphatic rings. The predicted molar refractivity (Wildman–Crippen MR) is 96.1 cm³/mol. The highest BCUT2D eigenvalue weighted by Gasteiger charge is 2.60. The summed E-state index contributed by atoms with van der Waals surface area (Å²) in [5, 5.41) is 10.3. The molecule has 0 heterocycles. The second kappa shape index (κ2) is 5.48. The van der Waals surface area contributed by atoms with E-state index in [0.717, 1.165) is 29.6 Å². The zero-order valence-corrected chi connectivity index (χ0v) is 15.9. The summed E-state index contributed by atoms with van der Waals surface area (Å²) in [4.78, 5) is 0. The lowest BCUT2D eigenvalue weighted by atomic mass is 9.44. The average molecular weight is 319 g/mol. The Labute approximate surface area is 143 Å². The molecule has 0 unspecified atom stereocenters. The van der Waals surface area contributed by atoms with Gasteiger partial charge in [0.05, 0.1) is 6.10 Å². The van der Waals surface area contributed by atoms with Crippen molar-refractivity contribution < 1.29 is 5.11 Å². The van der Waals surface area contributed by atoms with E-state index in [4.69, 9.17) is 0 Å². The Morgan fingerprint density at radius 2 is 1.57 bits per heavy atom. The molecule has 0 bridgehead atoms. The van der Waals surface area contributed by atoms with Crippen molar-refractivity contribution in [1.82, 2.24) is 0 Å². The third-order valence-electron chi connectivity index (χ3n) is 9.58. The molecule has 4 saturated carbocycles. The quantitative estimate of drug-likeness (QED) is 0.661. The summed E-state index contributed by atoms with van der Waals surface area (Å²) < 4.78 is 0. The summed E-state index contributed by atoms with van der Waals surface area (Å²) in [6.45, 7) is 9.73. The summed E-state index contributed by atoms with van der Waals surface area (Å²) in [5.41, 5.74) is 1.07. The van der Waals surface area contributed by atoms with E-state index in [1.807, 2.05) is 6.92 Å². The smallest absolute Gasteiger partial charge is 0.0545 e. The van der Waals surface area contributed by atoms with Gasteiger partial charge in [-0.15, -0.1) is 0 Å². The molecular formula is C22H38O. The van der Waals surface area contributed by atoms with Crippen molar-refractivity contribution >= 4 is 0 Å². The molecule has 4 fully saturated rings. The molecule has 4 aliphatic carbocycles. The Kier molecular flexibility index (Phi) is 3.91. The molecule has 0 aromatic heterocycles. The standard InChI is InChI=1S/C22H38O/c1-14-9-11-21(3)16(13-14)5-6-17-19-8-7-18(15(2)23)22(19,4)12-10-20(17)21/h14-20,23H,5-13H2,1-4H3/t14-,15-,16+,17+,18-,19+,20+,21+,22-/m1/s1. The van der Waals surface area contributed by atoms with Crippen LogP contribution in [0.5, 0.6) is 0 Å². The van der Waals surface area contributed by atoms with Crippen LogP contribution in [-0.4, -0.2) is 11.2 Å². The van der Waals surface area contributed by atoms with Crippen LogP contribution >= 0.6 is 0 Å². The van der Waals surface area contributed by atoms with Crippen molar-refractivity contribution in [3.63, 3.8) is 0 Å². The fraction of sp³-hybridized carbons (Fsp3) is 1.00. The molecule has 1 heteroatoms. The molecule has 0 aromatic carbocycles. The second-order valence-electron chi connectivity index (χ2n) is 10.5. The lowest BCUT2D eigenvalue weighted by molar-refractivity contribution is -0.123. The summed E-state index contributed by atoms with van der Waals surface area (Å²) in [6, 6.07) is 0. The highest BCUT2D eigenvalue weighted by atomic mass is 16.3. The first kappa shape index (κ1) is 16.4. The van der Waals surface area contributed by atoms with E-state index in [0.29, 0.717) is 16.7 Å². The van der Waals surface area contributed by atoms with Gasteiger partial charge in [-0.1, -0.05) is 27.2 Å². The largest absolute Gasteiger partial charge is 0.393 e. The normalized spacial score (nSPS) is 57.3. The first-order valence-electron chi connectivity index (χ1n) is 10.5. The molecule has 1 nitrogen and oxygen atoms in total. The minimum atomic E-state index is -0.107. The third-order valence-corrected chi connectivity index (χ3v) is 9.58. The Balaban J connectivity index is 1.60. The summed E-state index contributed by atoms with van der Waals surface area (Å²) in [5.74, 6) is 5.38. The van der Waals surface area contributed by atoms with E-state index in [1.165, 1.54) is 57.8 Å². The lowest BCUT2D eigenvalue weighted by Gasteiger charge is -2.61. The number of fused-ring (bicyclic) bond motifs is 5. The van der Waals surface area contributed by atoms with Crippen molar-refractivity contribution in [3.05, 3.63) is 0 Å². The summed E-state index contributed by atoms with van der Waals surface area (Å²) >= 11 is 0. The van der Waals surface area contributed by atoms with Crippen LogP contribution in [0.3, 0.4) is 0 Å². The molecule has 1 N–H and O–H groups in total. The molecule has 0 aliphatic heterocycles. The van der Waals surface area contributed by atoms with Crippen LogP contribution in [0.1, 0.15) is 85.5 Å². The van der Waals surface area contributed by atoms with Crippen molar-refractivity contribution in [3.8, 4) is 0 Å². The van der Waals surface area contributed by atoms with Crippen molar-refractivity contribution in [2.24, 2.45) is 46.3 Å². The van der Waals surface area contributed by atoms with Crippen LogP contribution in [-0.2, 0) is 0 Å². The lowest BCUT2D eigenvalue weighted by Crippen LogP contribution is -2.53. The van der Waals surface area contributed by atoms with Gasteiger partial charge in [0.25, 0.3) is 0 Å². The van der Waals surface area contributed by atoms with Gasteiger partial charge in [0.2, 0.25) is 0 Å². The van der Waals surface area contributed by atoms with E-state index < -0.39 is 0 Å². The molecular weight excluding hydrogens is 280 g/mol. The van der Waals surface area contributed by atoms with Gasteiger partial charge in [0.15, 0.2) is 0 Å². The maximum Gasteiger partial charge on any atom is 0.0545 e. The van der Waals surface area contributed by atoms with Crippen LogP contribution < -0.4 is 0 Å². The van der Waals surface area contributed by atoms with E-state index in [1.54, 1.807) is 0 Å². The van der Waals surface area contributed by atoms with Crippen molar-refractivity contribution in [2.45, 2.75) is 91.6 Å². The van der Waals surface area contributed by atoms with Gasteiger partial charge >= 0.3 is 0 Å². The fourth-order valence-electron chi connectivity index (χ4n) is 8.31. The van der Waals surface area contributed by atoms with Gasteiger partial charge in [-0.3, -0.25) is 0 Å². The predicted octanol–water partition coefficient (Wildman–Crippen LogP) is 5.66. The molecule has 0 saturated heterocycles. The second-order valence-corrected chi connectivity index (χ2v) is 10.5. The van der Waals surface area contributed by atoms with Crippen molar-refractivity contribution in [2.75, 3.05) is 0 Å². The van der Waals surface area contributed by atoms with Crippen LogP contribution in [0.4, 0.5) is 0 Å². The van der Waals surface area contributed by atoms with Gasteiger partial charge in [0.1, 0.15) is 0 Å². The van der Waals surface area contributed by atoms with E-state index in [-0.39, 0.29) is 6.10 Å². The average Bonchev–Trinajstić information content (AvgIpc) is 2.85. The number of rotatable bonds is 1. The van der Waals surface area contributed by atoms with Crippen LogP contribution in [0.2, 0.25) is 0 Å². The zero-order chi connectivity index (χ0) is 16.4. The molecule has 9 atom stereocenters. The number of aliphatic hydroxyl groups excluding tert-OH is 1. The minimum absolute atomic E-state index is 0.107. The minimum Gasteiger partial charge on any atom is -0.393 e. The van der Waals surface area contributed by atoms with Crippen molar-refractivity contribution in [1.29, 1.82) is 0 Å². The molecule has 132 valence electrons. The number of hydrogen-bond donors (Lipinski definition) is 1. The Hall–Kier alpha value is -0.0400. The monoisotopic (exact) mass is 318 g/mol. The topological polar surface area (TPSA) is 20.2 Å². The van der Waals surface area contributed by atoms with E-state index in [9.17, 15) is 5.11 Å². The fourth-order valence-corrected chi connectivity index (χ4v) is 8.31. The van der Waals surface area contributed by atoms with Gasteiger partial charge in [-0.25, -0.2) is 0 Å². The highest BCUT2D eigenvalue weighted by molar-refractivity contribution is 5.09. The Morgan fingerprint density at radius 1 is 0.870 bits per heavy atom. The van der Waals surface area contributed by atoms with E-state index in [2.05, 4.69) is 20.8 Å². The first-order chi connectivity index (χ1) is 10.9. The highest BCUT2D eigenvalue weighted by Crippen LogP contribution is 2.68. The zero-order valence-electron chi connectivity index (χ0n) is 15.9. The van der Waals surface area contributed by atoms with Gasteiger partial charge in [-0.2, -0.15) is 0 Å². The summed E-state index contributed by atoms with van der Waals surface area (Å²) in [6.07, 6.45) is 12.8. The SMILES string of the molecule is C[C@@H]1CC[C@@]2(C)[C@@H](CC[C@@H]3[C@@H]2CC[C@]2(C)[C@@H]([C@@H](C)O)CC[C@@H]32)C1. The molecule has 23 heavy (non-hydrogen) atoms. The third kappa shape index (κ3) is 2.28. The van der Waals surface area contributed by atoms with Gasteiger partial charge < -0.3 is 5.11 Å². The maximum atomic E-state index is 10.3. The molecule has 4 rings (SSSR count). The molecule has 0 radical (unpaired) electrons. The number of aliphatic hydroxyl groups is 1. The van der Waals surface area contributed by atoms with Gasteiger partial charge in [-0.05, 0) is 105 Å². The van der Waals surface area contributed by atoms with E-state index >= 15 is 0 Å². The Bertz CT molecular complexity index is 457. The Morgan fingerprint density at radius 3 is 2.30 bits per heavy atom. The molecule has 0 aromatic rings. The first-order valence-corrected chi connectivity index (χ1v) is 10.5. The maximum absolute atomic E-state index is 10.3. The molecule has 0 amide bonds. The van der Waals surface area contributed by atoms with Crippen LogP contribution in [0.25, 0.3) is 0 Å². The van der Waals surface area contributed by atoms with Crippen LogP contribution in [0, 0.1) is 46.3 Å². The molecule has 0 spiro atoms. The summed E-state index contributed by atoms with van der Waals surface area (Å²) in [7, 11) is 0. The van der Waals surface area contributed by atoms with Gasteiger partial charge in [0, 0.05) is 0 Å².